The van der Waals surface area contributed by atoms with Crippen LogP contribution in [0.15, 0.2) is 0 Å². The number of nitrogens with zero attached hydrogens (tertiary/aromatic N) is 1. The Morgan fingerprint density at radius 1 is 1.50 bits per heavy atom. The zero-order valence-corrected chi connectivity index (χ0v) is 9.70. The van der Waals surface area contributed by atoms with E-state index in [2.05, 4.69) is 0 Å². The van der Waals surface area contributed by atoms with Gasteiger partial charge >= 0.3 is 6.09 Å². The monoisotopic (exact) mass is 203 g/mol. The van der Waals surface area contributed by atoms with E-state index in [4.69, 9.17) is 9.84 Å². The fourth-order valence-electron chi connectivity index (χ4n) is 1.04. The molecule has 0 saturated heterocycles. The lowest BCUT2D eigenvalue weighted by Gasteiger charge is -2.29. The molecule has 14 heavy (non-hydrogen) atoms. The highest BCUT2D eigenvalue weighted by Crippen LogP contribution is 2.11. The van der Waals surface area contributed by atoms with Crippen molar-refractivity contribution in [3.05, 3.63) is 0 Å². The maximum Gasteiger partial charge on any atom is 0.410 e. The molecule has 0 radical (unpaired) electrons. The molecular weight excluding hydrogens is 182 g/mol. The highest BCUT2D eigenvalue weighted by molar-refractivity contribution is 5.68. The van der Waals surface area contributed by atoms with Crippen LogP contribution >= 0.6 is 0 Å². The molecule has 1 N–H and O–H groups in total. The Kier molecular flexibility index (Phi) is 4.91. The molecule has 4 heteroatoms. The fraction of sp³-hybridized carbons (Fsp3) is 0.900. The zero-order valence-electron chi connectivity index (χ0n) is 9.70. The quantitative estimate of drug-likeness (QED) is 0.758. The van der Waals surface area contributed by atoms with E-state index in [1.54, 1.807) is 6.92 Å². The van der Waals surface area contributed by atoms with E-state index in [1.165, 1.54) is 4.90 Å². The van der Waals surface area contributed by atoms with E-state index in [0.29, 0.717) is 6.54 Å². The van der Waals surface area contributed by atoms with E-state index < -0.39 is 5.60 Å². The van der Waals surface area contributed by atoms with Crippen LogP contribution in [0.1, 0.15) is 34.6 Å². The fourth-order valence-corrected chi connectivity index (χ4v) is 1.04. The second-order valence-corrected chi connectivity index (χ2v) is 4.30. The SMILES string of the molecule is CCN(C(=O)OC(C)(C)C)[C@@H](C)CO. The topological polar surface area (TPSA) is 49.8 Å². The lowest BCUT2D eigenvalue weighted by molar-refractivity contribution is 0.0130. The van der Waals surface area contributed by atoms with E-state index in [1.807, 2.05) is 27.7 Å². The minimum absolute atomic E-state index is 0.0485. The van der Waals surface area contributed by atoms with Crippen molar-refractivity contribution >= 4 is 6.09 Å². The van der Waals surface area contributed by atoms with Gasteiger partial charge in [-0.25, -0.2) is 4.79 Å². The van der Waals surface area contributed by atoms with Crippen molar-refractivity contribution < 1.29 is 14.6 Å². The summed E-state index contributed by atoms with van der Waals surface area (Å²) in [5.74, 6) is 0. The molecule has 0 aromatic carbocycles. The number of carbonyl (C=O) groups is 1. The number of hydrogen-bond acceptors (Lipinski definition) is 3. The standard InChI is InChI=1S/C10H21NO3/c1-6-11(8(2)7-12)9(13)14-10(3,4)5/h8,12H,6-7H2,1-5H3/t8-/m0/s1. The van der Waals surface area contributed by atoms with Gasteiger partial charge in [0.05, 0.1) is 12.6 Å². The summed E-state index contributed by atoms with van der Waals surface area (Å²) in [6.07, 6.45) is -0.374. The second-order valence-electron chi connectivity index (χ2n) is 4.30. The molecule has 0 aliphatic carbocycles. The summed E-state index contributed by atoms with van der Waals surface area (Å²) >= 11 is 0. The van der Waals surface area contributed by atoms with Crippen LogP contribution in [0.2, 0.25) is 0 Å². The van der Waals surface area contributed by atoms with Crippen molar-refractivity contribution in [1.82, 2.24) is 4.90 Å². The van der Waals surface area contributed by atoms with Gasteiger partial charge in [-0.15, -0.1) is 0 Å². The molecule has 0 aliphatic rings. The van der Waals surface area contributed by atoms with Crippen LogP contribution in [0.5, 0.6) is 0 Å². The lowest BCUT2D eigenvalue weighted by Crippen LogP contribution is -2.43. The molecule has 0 aromatic rings. The Morgan fingerprint density at radius 2 is 2.00 bits per heavy atom. The Bertz CT molecular complexity index is 186. The van der Waals surface area contributed by atoms with E-state index in [0.717, 1.165) is 0 Å². The number of rotatable bonds is 3. The summed E-state index contributed by atoms with van der Waals surface area (Å²) in [7, 11) is 0. The molecule has 4 nitrogen and oxygen atoms in total. The Hall–Kier alpha value is -0.770. The number of likely N-dealkylation sites (N-methyl/N-ethyl adjacent to an activating group) is 1. The van der Waals surface area contributed by atoms with E-state index >= 15 is 0 Å². The second kappa shape index (κ2) is 5.20. The number of carbonyl (C=O) groups excluding carboxylic acids is 1. The van der Waals surface area contributed by atoms with Crippen molar-refractivity contribution in [2.24, 2.45) is 0 Å². The van der Waals surface area contributed by atoms with Crippen molar-refractivity contribution in [3.63, 3.8) is 0 Å². The van der Waals surface area contributed by atoms with Crippen LogP contribution in [0.3, 0.4) is 0 Å². The summed E-state index contributed by atoms with van der Waals surface area (Å²) < 4.78 is 5.19. The molecule has 1 amide bonds. The molecule has 0 aromatic heterocycles. The first-order valence-corrected chi connectivity index (χ1v) is 4.92. The summed E-state index contributed by atoms with van der Waals surface area (Å²) in [6, 6.07) is -0.199. The van der Waals surface area contributed by atoms with Crippen LogP contribution in [0.4, 0.5) is 4.79 Å². The van der Waals surface area contributed by atoms with Gasteiger partial charge in [0.1, 0.15) is 5.60 Å². The molecule has 0 aliphatic heterocycles. The molecule has 0 rings (SSSR count). The summed E-state index contributed by atoms with van der Waals surface area (Å²) in [5.41, 5.74) is -0.486. The smallest absolute Gasteiger partial charge is 0.410 e. The number of hydrogen-bond donors (Lipinski definition) is 1. The maximum absolute atomic E-state index is 11.6. The molecular formula is C10H21NO3. The van der Waals surface area contributed by atoms with Gasteiger partial charge in [0.2, 0.25) is 0 Å². The first kappa shape index (κ1) is 13.2. The molecule has 1 atom stereocenters. The van der Waals surface area contributed by atoms with Crippen LogP contribution in [0.25, 0.3) is 0 Å². The van der Waals surface area contributed by atoms with Crippen LogP contribution in [-0.2, 0) is 4.74 Å². The van der Waals surface area contributed by atoms with Gasteiger partial charge in [0, 0.05) is 6.54 Å². The van der Waals surface area contributed by atoms with Gasteiger partial charge in [-0.3, -0.25) is 0 Å². The molecule has 0 heterocycles. The lowest BCUT2D eigenvalue weighted by atomic mass is 10.2. The third kappa shape index (κ3) is 4.46. The minimum Gasteiger partial charge on any atom is -0.444 e. The predicted octanol–water partition coefficient (Wildman–Crippen LogP) is 1.62. The summed E-state index contributed by atoms with van der Waals surface area (Å²) in [6.45, 7) is 9.60. The molecule has 84 valence electrons. The number of aliphatic hydroxyl groups excluding tert-OH is 1. The molecule has 0 saturated carbocycles. The van der Waals surface area contributed by atoms with Crippen molar-refractivity contribution in [1.29, 1.82) is 0 Å². The van der Waals surface area contributed by atoms with Gasteiger partial charge in [-0.2, -0.15) is 0 Å². The third-order valence-electron chi connectivity index (χ3n) is 1.76. The Morgan fingerprint density at radius 3 is 2.29 bits per heavy atom. The van der Waals surface area contributed by atoms with Gasteiger partial charge in [-0.1, -0.05) is 0 Å². The zero-order chi connectivity index (χ0) is 11.4. The molecule has 0 fully saturated rings. The van der Waals surface area contributed by atoms with Crippen molar-refractivity contribution in [2.75, 3.05) is 13.2 Å². The normalized spacial score (nSPS) is 13.6. The largest absolute Gasteiger partial charge is 0.444 e. The van der Waals surface area contributed by atoms with Crippen molar-refractivity contribution in [2.45, 2.75) is 46.3 Å². The summed E-state index contributed by atoms with van der Waals surface area (Å²) in [5, 5.41) is 8.93. The molecule has 0 spiro atoms. The summed E-state index contributed by atoms with van der Waals surface area (Å²) in [4.78, 5) is 13.1. The first-order valence-electron chi connectivity index (χ1n) is 4.92. The van der Waals surface area contributed by atoms with Gasteiger partial charge in [0.25, 0.3) is 0 Å². The van der Waals surface area contributed by atoms with E-state index in [-0.39, 0.29) is 18.7 Å². The first-order chi connectivity index (χ1) is 6.31. The van der Waals surface area contributed by atoms with E-state index in [9.17, 15) is 4.79 Å². The Labute approximate surface area is 85.9 Å². The molecule has 0 bridgehead atoms. The van der Waals surface area contributed by atoms with Gasteiger partial charge in [-0.05, 0) is 34.6 Å². The van der Waals surface area contributed by atoms with Gasteiger partial charge in [0.15, 0.2) is 0 Å². The number of aliphatic hydroxyl groups is 1. The van der Waals surface area contributed by atoms with Crippen LogP contribution in [0, 0.1) is 0 Å². The number of amides is 1. The van der Waals surface area contributed by atoms with Crippen LogP contribution < -0.4 is 0 Å². The Balaban J connectivity index is 4.33. The molecule has 0 unspecified atom stereocenters. The van der Waals surface area contributed by atoms with Crippen molar-refractivity contribution in [3.8, 4) is 0 Å². The average Bonchev–Trinajstić information content (AvgIpc) is 2.01. The highest BCUT2D eigenvalue weighted by Gasteiger charge is 2.24. The van der Waals surface area contributed by atoms with Gasteiger partial charge < -0.3 is 14.7 Å². The predicted molar refractivity (Wildman–Crippen MR) is 55.2 cm³/mol. The average molecular weight is 203 g/mol. The third-order valence-corrected chi connectivity index (χ3v) is 1.76. The minimum atomic E-state index is -0.486. The van der Waals surface area contributed by atoms with Crippen LogP contribution in [-0.4, -0.2) is 40.9 Å². The number of ether oxygens (including phenoxy) is 1. The highest BCUT2D eigenvalue weighted by atomic mass is 16.6. The maximum atomic E-state index is 11.6.